The van der Waals surface area contributed by atoms with Crippen molar-refractivity contribution in [3.8, 4) is 0 Å². The molecule has 2 aromatic rings. The minimum Gasteiger partial charge on any atom is -0.448 e. The number of oxazole rings is 1. The lowest BCUT2D eigenvalue weighted by Crippen LogP contribution is -2.16. The van der Waals surface area contributed by atoms with Gasteiger partial charge < -0.3 is 14.5 Å². The smallest absolute Gasteiger partial charge is 0.278 e. The average Bonchev–Trinajstić information content (AvgIpc) is 3.05. The number of ether oxygens (including phenoxy) is 1. The largest absolute Gasteiger partial charge is 0.448 e. The van der Waals surface area contributed by atoms with Gasteiger partial charge in [0.05, 0.1) is 0 Å². The van der Waals surface area contributed by atoms with Crippen molar-refractivity contribution in [1.82, 2.24) is 15.0 Å². The molecule has 3 rings (SSSR count). The van der Waals surface area contributed by atoms with Crippen LogP contribution in [0, 0.1) is 6.92 Å². The summed E-state index contributed by atoms with van der Waals surface area (Å²) in [6.07, 6.45) is 3.13. The van der Waals surface area contributed by atoms with E-state index in [2.05, 4.69) is 20.3 Å². The van der Waals surface area contributed by atoms with E-state index in [1.807, 2.05) is 20.8 Å². The molecule has 0 aliphatic carbocycles. The van der Waals surface area contributed by atoms with E-state index in [9.17, 15) is 4.79 Å². The zero-order valence-electron chi connectivity index (χ0n) is 14.2. The molecule has 1 saturated heterocycles. The molecule has 0 saturated carbocycles. The van der Waals surface area contributed by atoms with Crippen molar-refractivity contribution in [3.63, 3.8) is 0 Å². The third-order valence-corrected chi connectivity index (χ3v) is 3.95. The summed E-state index contributed by atoms with van der Waals surface area (Å²) in [5.74, 6) is 1.86. The molecule has 128 valence electrons. The minimum absolute atomic E-state index is 0.188. The summed E-state index contributed by atoms with van der Waals surface area (Å²) in [6.45, 7) is 7.30. The third-order valence-electron chi connectivity index (χ3n) is 3.95. The predicted molar refractivity (Wildman–Crippen MR) is 88.1 cm³/mol. The van der Waals surface area contributed by atoms with Crippen LogP contribution in [0.25, 0.3) is 0 Å². The molecule has 2 aromatic heterocycles. The Kier molecular flexibility index (Phi) is 4.89. The summed E-state index contributed by atoms with van der Waals surface area (Å²) < 4.78 is 10.8. The molecule has 7 heteroatoms. The van der Waals surface area contributed by atoms with Crippen LogP contribution in [-0.2, 0) is 4.74 Å². The first kappa shape index (κ1) is 16.6. The second-order valence-corrected chi connectivity index (χ2v) is 6.32. The van der Waals surface area contributed by atoms with Gasteiger partial charge in [0, 0.05) is 36.8 Å². The van der Waals surface area contributed by atoms with Crippen LogP contribution in [-0.4, -0.2) is 34.1 Å². The van der Waals surface area contributed by atoms with Gasteiger partial charge in [-0.25, -0.2) is 15.0 Å². The molecule has 0 aromatic carbocycles. The summed E-state index contributed by atoms with van der Waals surface area (Å²) in [7, 11) is 0. The highest BCUT2D eigenvalue weighted by Gasteiger charge is 2.22. The van der Waals surface area contributed by atoms with Gasteiger partial charge in [-0.1, -0.05) is 13.8 Å². The number of rotatable bonds is 4. The van der Waals surface area contributed by atoms with Gasteiger partial charge in [-0.15, -0.1) is 0 Å². The molecule has 7 nitrogen and oxygen atoms in total. The fraction of sp³-hybridized carbons (Fsp3) is 0.529. The number of nitrogens with zero attached hydrogens (tertiary/aromatic N) is 3. The zero-order chi connectivity index (χ0) is 17.1. The van der Waals surface area contributed by atoms with Crippen molar-refractivity contribution in [2.24, 2.45) is 0 Å². The number of nitrogens with one attached hydrogen (secondary N) is 1. The fourth-order valence-corrected chi connectivity index (χ4v) is 2.62. The van der Waals surface area contributed by atoms with Crippen molar-refractivity contribution in [2.45, 2.75) is 45.4 Å². The maximum absolute atomic E-state index is 12.4. The van der Waals surface area contributed by atoms with Gasteiger partial charge >= 0.3 is 0 Å². The lowest BCUT2D eigenvalue weighted by Gasteiger charge is -2.18. The third kappa shape index (κ3) is 3.79. The monoisotopic (exact) mass is 330 g/mol. The highest BCUT2D eigenvalue weighted by molar-refractivity contribution is 6.02. The molecule has 1 amide bonds. The maximum atomic E-state index is 12.4. The number of anilines is 1. The van der Waals surface area contributed by atoms with Gasteiger partial charge in [-0.2, -0.15) is 0 Å². The van der Waals surface area contributed by atoms with E-state index in [-0.39, 0.29) is 23.4 Å². The van der Waals surface area contributed by atoms with Gasteiger partial charge in [-0.3, -0.25) is 4.79 Å². The Labute approximate surface area is 140 Å². The fourth-order valence-electron chi connectivity index (χ4n) is 2.62. The van der Waals surface area contributed by atoms with Crippen LogP contribution in [0.5, 0.6) is 0 Å². The standard InChI is InChI=1S/C17H22N4O3/c1-10(2)15-18-11(3)8-14(20-15)21-16(22)13-9-24-17(19-13)12-4-6-23-7-5-12/h8-10,12H,4-7H2,1-3H3,(H,18,20,21,22). The first-order valence-corrected chi connectivity index (χ1v) is 8.23. The van der Waals surface area contributed by atoms with Crippen LogP contribution >= 0.6 is 0 Å². The Morgan fingerprint density at radius 1 is 1.25 bits per heavy atom. The summed E-state index contributed by atoms with van der Waals surface area (Å²) in [6, 6.07) is 1.74. The van der Waals surface area contributed by atoms with E-state index in [1.54, 1.807) is 6.07 Å². The Balaban J connectivity index is 1.72. The topological polar surface area (TPSA) is 90.1 Å². The molecule has 0 unspecified atom stereocenters. The number of hydrogen-bond acceptors (Lipinski definition) is 6. The lowest BCUT2D eigenvalue weighted by atomic mass is 10.0. The Morgan fingerprint density at radius 2 is 2.00 bits per heavy atom. The number of hydrogen-bond donors (Lipinski definition) is 1. The molecule has 1 aliphatic heterocycles. The zero-order valence-corrected chi connectivity index (χ0v) is 14.2. The number of aromatic nitrogens is 3. The highest BCUT2D eigenvalue weighted by Crippen LogP contribution is 2.26. The van der Waals surface area contributed by atoms with Crippen LogP contribution in [0.2, 0.25) is 0 Å². The minimum atomic E-state index is -0.329. The Morgan fingerprint density at radius 3 is 2.71 bits per heavy atom. The van der Waals surface area contributed by atoms with Crippen molar-refractivity contribution in [1.29, 1.82) is 0 Å². The van der Waals surface area contributed by atoms with Crippen molar-refractivity contribution >= 4 is 11.7 Å². The molecule has 1 aliphatic rings. The second-order valence-electron chi connectivity index (χ2n) is 6.32. The molecular weight excluding hydrogens is 308 g/mol. The maximum Gasteiger partial charge on any atom is 0.278 e. The van der Waals surface area contributed by atoms with Crippen LogP contribution < -0.4 is 5.32 Å². The number of aryl methyl sites for hydroxylation is 1. The van der Waals surface area contributed by atoms with Crippen LogP contribution in [0.3, 0.4) is 0 Å². The summed E-state index contributed by atoms with van der Waals surface area (Å²) in [4.78, 5) is 25.5. The van der Waals surface area contributed by atoms with Crippen molar-refractivity contribution < 1.29 is 13.9 Å². The van der Waals surface area contributed by atoms with E-state index in [0.717, 1.165) is 18.5 Å². The second kappa shape index (κ2) is 7.09. The molecule has 0 radical (unpaired) electrons. The van der Waals surface area contributed by atoms with Crippen LogP contribution in [0.15, 0.2) is 16.7 Å². The van der Waals surface area contributed by atoms with E-state index < -0.39 is 0 Å². The average molecular weight is 330 g/mol. The molecule has 0 atom stereocenters. The van der Waals surface area contributed by atoms with Crippen LogP contribution in [0.4, 0.5) is 5.82 Å². The first-order valence-electron chi connectivity index (χ1n) is 8.23. The SMILES string of the molecule is Cc1cc(NC(=O)c2coc(C3CCOCC3)n2)nc(C(C)C)n1. The van der Waals surface area contributed by atoms with Gasteiger partial charge in [0.2, 0.25) is 0 Å². The first-order chi connectivity index (χ1) is 11.5. The summed E-state index contributed by atoms with van der Waals surface area (Å²) >= 11 is 0. The Bertz CT molecular complexity index is 720. The van der Waals surface area contributed by atoms with Gasteiger partial charge in [0.25, 0.3) is 5.91 Å². The molecule has 0 spiro atoms. The van der Waals surface area contributed by atoms with E-state index in [4.69, 9.17) is 9.15 Å². The van der Waals surface area contributed by atoms with E-state index >= 15 is 0 Å². The molecule has 1 fully saturated rings. The number of carbonyl (C=O) groups excluding carboxylic acids is 1. The molecular formula is C17H22N4O3. The van der Waals surface area contributed by atoms with Crippen LogP contribution in [0.1, 0.15) is 66.4 Å². The molecule has 3 heterocycles. The van der Waals surface area contributed by atoms with E-state index in [1.165, 1.54) is 6.26 Å². The van der Waals surface area contributed by atoms with Gasteiger partial charge in [-0.05, 0) is 19.8 Å². The summed E-state index contributed by atoms with van der Waals surface area (Å²) in [5, 5.41) is 2.77. The van der Waals surface area contributed by atoms with Gasteiger partial charge in [0.15, 0.2) is 11.6 Å². The predicted octanol–water partition coefficient (Wildman–Crippen LogP) is 3.04. The van der Waals surface area contributed by atoms with Crippen molar-refractivity contribution in [2.75, 3.05) is 18.5 Å². The number of carbonyl (C=O) groups is 1. The quantitative estimate of drug-likeness (QED) is 0.926. The highest BCUT2D eigenvalue weighted by atomic mass is 16.5. The molecule has 1 N–H and O–H groups in total. The summed E-state index contributed by atoms with van der Waals surface area (Å²) in [5.41, 5.74) is 1.07. The molecule has 0 bridgehead atoms. The van der Waals surface area contributed by atoms with E-state index in [0.29, 0.717) is 30.7 Å². The van der Waals surface area contributed by atoms with Crippen molar-refractivity contribution in [3.05, 3.63) is 35.4 Å². The lowest BCUT2D eigenvalue weighted by molar-refractivity contribution is 0.0794. The van der Waals surface area contributed by atoms with Gasteiger partial charge in [0.1, 0.15) is 17.9 Å². The Hall–Kier alpha value is -2.28. The normalized spacial score (nSPS) is 15.7. The molecule has 24 heavy (non-hydrogen) atoms. The number of amides is 1.